The summed E-state index contributed by atoms with van der Waals surface area (Å²) in [5.74, 6) is -0.423. The van der Waals surface area contributed by atoms with Crippen LogP contribution < -0.4 is 5.73 Å². The minimum absolute atomic E-state index is 0.190. The van der Waals surface area contributed by atoms with E-state index in [9.17, 15) is 14.7 Å². The number of ether oxygens (including phenoxy) is 1. The van der Waals surface area contributed by atoms with Crippen LogP contribution in [0.25, 0.3) is 11.1 Å². The number of pyridine rings is 1. The van der Waals surface area contributed by atoms with Gasteiger partial charge in [0.15, 0.2) is 0 Å². The lowest BCUT2D eigenvalue weighted by Gasteiger charge is -2.45. The Bertz CT molecular complexity index is 1280. The Labute approximate surface area is 224 Å². The molecule has 0 spiro atoms. The molecule has 0 saturated carbocycles. The summed E-state index contributed by atoms with van der Waals surface area (Å²) >= 11 is 0. The van der Waals surface area contributed by atoms with E-state index in [1.54, 1.807) is 38.8 Å². The third-order valence-electron chi connectivity index (χ3n) is 7.51. The van der Waals surface area contributed by atoms with E-state index in [-0.39, 0.29) is 6.04 Å². The van der Waals surface area contributed by atoms with Crippen molar-refractivity contribution in [3.8, 4) is 11.1 Å². The second-order valence-electron chi connectivity index (χ2n) is 11.4. The highest BCUT2D eigenvalue weighted by Crippen LogP contribution is 2.42. The molecule has 1 aromatic heterocycles. The molecule has 2 aromatic carbocycles. The number of nitrogens with two attached hydrogens (primary N) is 1. The van der Waals surface area contributed by atoms with Gasteiger partial charge in [-0.1, -0.05) is 60.7 Å². The van der Waals surface area contributed by atoms with Crippen molar-refractivity contribution >= 4 is 12.0 Å². The molecule has 1 saturated heterocycles. The van der Waals surface area contributed by atoms with Gasteiger partial charge in [0.25, 0.3) is 0 Å². The largest absolute Gasteiger partial charge is 0.438 e. The lowest BCUT2D eigenvalue weighted by Crippen LogP contribution is -2.51. The number of aliphatic hydroxyl groups is 1. The average Bonchev–Trinajstić information content (AvgIpc) is 2.88. The molecule has 38 heavy (non-hydrogen) atoms. The summed E-state index contributed by atoms with van der Waals surface area (Å²) in [6.45, 7) is 9.49. The highest BCUT2D eigenvalue weighted by Gasteiger charge is 2.46. The van der Waals surface area contributed by atoms with Crippen molar-refractivity contribution in [3.63, 3.8) is 0 Å². The summed E-state index contributed by atoms with van der Waals surface area (Å²) in [5.41, 5.74) is 7.20. The third kappa shape index (κ3) is 5.58. The topological polar surface area (TPSA) is 106 Å². The van der Waals surface area contributed by atoms with Gasteiger partial charge in [0.05, 0.1) is 22.8 Å². The molecule has 0 bridgehead atoms. The van der Waals surface area contributed by atoms with E-state index in [0.29, 0.717) is 25.1 Å². The molecule has 2 heterocycles. The highest BCUT2D eigenvalue weighted by atomic mass is 16.6. The second kappa shape index (κ2) is 10.2. The summed E-state index contributed by atoms with van der Waals surface area (Å²) in [6, 6.07) is 21.3. The second-order valence-corrected chi connectivity index (χ2v) is 11.4. The van der Waals surface area contributed by atoms with Gasteiger partial charge < -0.3 is 20.5 Å². The minimum Gasteiger partial charge on any atom is -0.438 e. The number of benzene rings is 2. The predicted octanol–water partition coefficient (Wildman–Crippen LogP) is 5.47. The maximum absolute atomic E-state index is 13.3. The summed E-state index contributed by atoms with van der Waals surface area (Å²) in [5, 5.41) is 10.6. The number of primary amides is 1. The van der Waals surface area contributed by atoms with Crippen molar-refractivity contribution in [2.75, 3.05) is 6.54 Å². The van der Waals surface area contributed by atoms with Crippen LogP contribution in [-0.2, 0) is 20.5 Å². The molecule has 1 aliphatic rings. The van der Waals surface area contributed by atoms with E-state index in [1.165, 1.54) is 0 Å². The molecule has 3 N–H and O–H groups in total. The van der Waals surface area contributed by atoms with Gasteiger partial charge in [-0.25, -0.2) is 4.79 Å². The number of hydrogen-bond donors (Lipinski definition) is 2. The van der Waals surface area contributed by atoms with Crippen LogP contribution in [0.2, 0.25) is 0 Å². The van der Waals surface area contributed by atoms with Crippen LogP contribution in [0.5, 0.6) is 0 Å². The molecular weight excluding hydrogens is 478 g/mol. The zero-order valence-electron chi connectivity index (χ0n) is 22.8. The fourth-order valence-corrected chi connectivity index (χ4v) is 5.09. The standard InChI is InChI=1S/C31H37N3O4/c1-21(22-11-13-23(14-12-22)24-15-16-26(33-19-24)30(4,5)27(32)35)34-18-17-31(38-28(34)36,20-29(2,3)37)25-9-7-6-8-10-25/h6-16,19,21,37H,17-18,20H2,1-5H3,(H2,32,35)/t21-,31-/m0/s1. The van der Waals surface area contributed by atoms with E-state index in [0.717, 1.165) is 22.3 Å². The maximum atomic E-state index is 13.3. The summed E-state index contributed by atoms with van der Waals surface area (Å²) < 4.78 is 6.13. The van der Waals surface area contributed by atoms with Gasteiger partial charge in [-0.15, -0.1) is 0 Å². The highest BCUT2D eigenvalue weighted by molar-refractivity contribution is 5.85. The van der Waals surface area contributed by atoms with Crippen molar-refractivity contribution in [1.82, 2.24) is 9.88 Å². The number of carbonyl (C=O) groups is 2. The van der Waals surface area contributed by atoms with Gasteiger partial charge in [-0.05, 0) is 57.4 Å². The molecule has 0 radical (unpaired) electrons. The minimum atomic E-state index is -0.998. The molecule has 1 aliphatic heterocycles. The van der Waals surface area contributed by atoms with E-state index in [1.807, 2.05) is 73.7 Å². The molecule has 2 amide bonds. The first-order valence-electron chi connectivity index (χ1n) is 13.0. The third-order valence-corrected chi connectivity index (χ3v) is 7.51. The number of aromatic nitrogens is 1. The van der Waals surface area contributed by atoms with Crippen LogP contribution in [0.4, 0.5) is 4.79 Å². The van der Waals surface area contributed by atoms with Gasteiger partial charge >= 0.3 is 6.09 Å². The Morgan fingerprint density at radius 3 is 2.21 bits per heavy atom. The monoisotopic (exact) mass is 515 g/mol. The fourth-order valence-electron chi connectivity index (χ4n) is 5.09. The lowest BCUT2D eigenvalue weighted by molar-refractivity contribution is -0.122. The van der Waals surface area contributed by atoms with Gasteiger partial charge in [-0.3, -0.25) is 9.78 Å². The van der Waals surface area contributed by atoms with Crippen molar-refractivity contribution in [2.24, 2.45) is 5.73 Å². The zero-order chi connectivity index (χ0) is 27.7. The van der Waals surface area contributed by atoms with Crippen molar-refractivity contribution in [2.45, 2.75) is 70.1 Å². The molecule has 1 fully saturated rings. The molecular formula is C31H37N3O4. The zero-order valence-corrected chi connectivity index (χ0v) is 22.8. The normalized spacial score (nSPS) is 19.1. The van der Waals surface area contributed by atoms with Gasteiger partial charge in [0.1, 0.15) is 5.60 Å². The first-order valence-corrected chi connectivity index (χ1v) is 13.0. The first kappa shape index (κ1) is 27.3. The molecule has 2 atom stereocenters. The van der Waals surface area contributed by atoms with Crippen LogP contribution in [0.1, 0.15) is 70.3 Å². The molecule has 3 aromatic rings. The Hall–Kier alpha value is -3.71. The number of amides is 2. The Morgan fingerprint density at radius 1 is 1.05 bits per heavy atom. The Balaban J connectivity index is 1.50. The van der Waals surface area contributed by atoms with E-state index >= 15 is 0 Å². The van der Waals surface area contributed by atoms with E-state index in [4.69, 9.17) is 10.5 Å². The maximum Gasteiger partial charge on any atom is 0.411 e. The van der Waals surface area contributed by atoms with Crippen LogP contribution in [0, 0.1) is 0 Å². The molecule has 7 heteroatoms. The number of hydrogen-bond acceptors (Lipinski definition) is 5. The number of cyclic esters (lactones) is 1. The summed E-state index contributed by atoms with van der Waals surface area (Å²) in [6.07, 6.45) is 2.25. The summed E-state index contributed by atoms with van der Waals surface area (Å²) in [4.78, 5) is 31.3. The smallest absolute Gasteiger partial charge is 0.411 e. The van der Waals surface area contributed by atoms with E-state index < -0.39 is 28.6 Å². The Kier molecular flexibility index (Phi) is 7.35. The van der Waals surface area contributed by atoms with Crippen LogP contribution in [-0.4, -0.2) is 39.1 Å². The van der Waals surface area contributed by atoms with E-state index in [2.05, 4.69) is 4.98 Å². The fraction of sp³-hybridized carbons (Fsp3) is 0.387. The molecule has 7 nitrogen and oxygen atoms in total. The number of nitrogens with zero attached hydrogens (tertiary/aromatic N) is 2. The van der Waals surface area contributed by atoms with Crippen molar-refractivity contribution < 1.29 is 19.4 Å². The lowest BCUT2D eigenvalue weighted by atomic mass is 9.80. The van der Waals surface area contributed by atoms with Gasteiger partial charge in [0, 0.05) is 31.1 Å². The molecule has 0 unspecified atom stereocenters. The average molecular weight is 516 g/mol. The van der Waals surface area contributed by atoms with Gasteiger partial charge in [-0.2, -0.15) is 0 Å². The van der Waals surface area contributed by atoms with Gasteiger partial charge in [0.2, 0.25) is 5.91 Å². The SMILES string of the molecule is C[C@@H](c1ccc(-c2ccc(C(C)(C)C(N)=O)nc2)cc1)N1CC[C@](CC(C)(C)O)(c2ccccc2)OC1=O. The number of carbonyl (C=O) groups excluding carboxylic acids is 2. The Morgan fingerprint density at radius 2 is 1.68 bits per heavy atom. The van der Waals surface area contributed by atoms with Crippen molar-refractivity contribution in [1.29, 1.82) is 0 Å². The van der Waals surface area contributed by atoms with Crippen LogP contribution in [0.15, 0.2) is 72.9 Å². The molecule has 200 valence electrons. The van der Waals surface area contributed by atoms with Crippen LogP contribution in [0.3, 0.4) is 0 Å². The van der Waals surface area contributed by atoms with Crippen molar-refractivity contribution in [3.05, 3.63) is 89.7 Å². The molecule has 4 rings (SSSR count). The molecule has 0 aliphatic carbocycles. The summed E-state index contributed by atoms with van der Waals surface area (Å²) in [7, 11) is 0. The predicted molar refractivity (Wildman–Crippen MR) is 147 cm³/mol. The first-order chi connectivity index (χ1) is 17.8. The number of rotatable bonds is 8. The van der Waals surface area contributed by atoms with Crippen LogP contribution >= 0.6 is 0 Å². The quantitative estimate of drug-likeness (QED) is 0.414.